The van der Waals surface area contributed by atoms with Crippen LogP contribution in [-0.4, -0.2) is 18.1 Å². The molecule has 0 aliphatic heterocycles. The van der Waals surface area contributed by atoms with Gasteiger partial charge in [0.25, 0.3) is 5.91 Å². The highest BCUT2D eigenvalue weighted by Crippen LogP contribution is 2.23. The zero-order valence-electron chi connectivity index (χ0n) is 14.8. The van der Waals surface area contributed by atoms with Crippen LogP contribution in [0.1, 0.15) is 46.1 Å². The lowest BCUT2D eigenvalue weighted by atomic mass is 10.0. The van der Waals surface area contributed by atoms with Crippen molar-refractivity contribution in [3.05, 3.63) is 40.2 Å². The van der Waals surface area contributed by atoms with Crippen LogP contribution in [0.5, 0.6) is 5.75 Å². The van der Waals surface area contributed by atoms with Crippen LogP contribution in [0.25, 0.3) is 11.0 Å². The SMILES string of the molecule is CCCc1cc(=O)oc2cc(OCC(=O)NC(C)(C)CC)ccc12. The van der Waals surface area contributed by atoms with E-state index in [1.165, 1.54) is 6.07 Å². The Labute approximate surface area is 142 Å². The van der Waals surface area contributed by atoms with Crippen molar-refractivity contribution in [1.29, 1.82) is 0 Å². The van der Waals surface area contributed by atoms with Gasteiger partial charge in [-0.25, -0.2) is 4.79 Å². The molecule has 0 atom stereocenters. The fraction of sp³-hybridized carbons (Fsp3) is 0.474. The zero-order valence-corrected chi connectivity index (χ0v) is 14.8. The first-order valence-electron chi connectivity index (χ1n) is 8.35. The Hall–Kier alpha value is -2.30. The first-order chi connectivity index (χ1) is 11.3. The molecule has 1 aromatic carbocycles. The van der Waals surface area contributed by atoms with E-state index in [4.69, 9.17) is 9.15 Å². The van der Waals surface area contributed by atoms with Crippen LogP contribution in [-0.2, 0) is 11.2 Å². The van der Waals surface area contributed by atoms with Gasteiger partial charge in [0.1, 0.15) is 11.3 Å². The normalized spacial score (nSPS) is 11.5. The minimum atomic E-state index is -0.370. The Morgan fingerprint density at radius 3 is 2.67 bits per heavy atom. The van der Waals surface area contributed by atoms with E-state index in [-0.39, 0.29) is 23.7 Å². The van der Waals surface area contributed by atoms with E-state index in [2.05, 4.69) is 12.2 Å². The quantitative estimate of drug-likeness (QED) is 0.789. The van der Waals surface area contributed by atoms with E-state index in [1.54, 1.807) is 12.1 Å². The van der Waals surface area contributed by atoms with Crippen molar-refractivity contribution in [2.45, 2.75) is 52.5 Å². The fourth-order valence-corrected chi connectivity index (χ4v) is 2.43. The lowest BCUT2D eigenvalue weighted by molar-refractivity contribution is -0.124. The summed E-state index contributed by atoms with van der Waals surface area (Å²) in [5.74, 6) is 0.326. The Morgan fingerprint density at radius 1 is 1.25 bits per heavy atom. The Morgan fingerprint density at radius 2 is 2.00 bits per heavy atom. The Balaban J connectivity index is 2.14. The number of fused-ring (bicyclic) bond motifs is 1. The summed E-state index contributed by atoms with van der Waals surface area (Å²) in [5.41, 5.74) is 0.826. The van der Waals surface area contributed by atoms with Crippen molar-refractivity contribution in [3.63, 3.8) is 0 Å². The van der Waals surface area contributed by atoms with Crippen LogP contribution < -0.4 is 15.7 Å². The second kappa shape index (κ2) is 7.51. The van der Waals surface area contributed by atoms with E-state index in [0.29, 0.717) is 11.3 Å². The third kappa shape index (κ3) is 4.60. The van der Waals surface area contributed by atoms with Crippen molar-refractivity contribution < 1.29 is 13.9 Å². The van der Waals surface area contributed by atoms with Gasteiger partial charge in [0.05, 0.1) is 0 Å². The molecule has 2 aromatic rings. The van der Waals surface area contributed by atoms with Gasteiger partial charge in [0.2, 0.25) is 0 Å². The lowest BCUT2D eigenvalue weighted by Gasteiger charge is -2.24. The van der Waals surface area contributed by atoms with E-state index in [0.717, 1.165) is 30.2 Å². The van der Waals surface area contributed by atoms with Gasteiger partial charge in [-0.3, -0.25) is 4.79 Å². The van der Waals surface area contributed by atoms with Crippen LogP contribution in [0.15, 0.2) is 33.5 Å². The van der Waals surface area contributed by atoms with E-state index < -0.39 is 0 Å². The van der Waals surface area contributed by atoms with Gasteiger partial charge in [-0.05, 0) is 44.4 Å². The highest BCUT2D eigenvalue weighted by atomic mass is 16.5. The van der Waals surface area contributed by atoms with Gasteiger partial charge in [-0.2, -0.15) is 0 Å². The van der Waals surface area contributed by atoms with Crippen LogP contribution in [0.3, 0.4) is 0 Å². The number of aryl methyl sites for hydroxylation is 1. The van der Waals surface area contributed by atoms with E-state index >= 15 is 0 Å². The zero-order chi connectivity index (χ0) is 17.7. The standard InChI is InChI=1S/C19H25NO4/c1-5-7-13-10-18(22)24-16-11-14(8-9-15(13)16)23-12-17(21)20-19(3,4)6-2/h8-11H,5-7,12H2,1-4H3,(H,20,21). The number of hydrogen-bond acceptors (Lipinski definition) is 4. The van der Waals surface area contributed by atoms with Crippen molar-refractivity contribution in [3.8, 4) is 5.75 Å². The summed E-state index contributed by atoms with van der Waals surface area (Å²) in [6.07, 6.45) is 2.60. The lowest BCUT2D eigenvalue weighted by Crippen LogP contribution is -2.44. The van der Waals surface area contributed by atoms with E-state index in [9.17, 15) is 9.59 Å². The van der Waals surface area contributed by atoms with Gasteiger partial charge in [0, 0.05) is 23.1 Å². The average Bonchev–Trinajstić information content (AvgIpc) is 2.52. The van der Waals surface area contributed by atoms with Crippen molar-refractivity contribution in [2.75, 3.05) is 6.61 Å². The third-order valence-electron chi connectivity index (χ3n) is 4.05. The summed E-state index contributed by atoms with van der Waals surface area (Å²) < 4.78 is 10.8. The molecule has 2 rings (SSSR count). The van der Waals surface area contributed by atoms with Crippen LogP contribution in [0, 0.1) is 0 Å². The number of rotatable bonds is 7. The summed E-state index contributed by atoms with van der Waals surface area (Å²) >= 11 is 0. The Bertz CT molecular complexity index is 777. The molecule has 5 nitrogen and oxygen atoms in total. The molecule has 0 unspecified atom stereocenters. The first-order valence-corrected chi connectivity index (χ1v) is 8.35. The predicted octanol–water partition coefficient (Wildman–Crippen LogP) is 3.43. The fourth-order valence-electron chi connectivity index (χ4n) is 2.43. The maximum Gasteiger partial charge on any atom is 0.336 e. The topological polar surface area (TPSA) is 68.5 Å². The molecule has 0 saturated carbocycles. The minimum absolute atomic E-state index is 0.0756. The predicted molar refractivity (Wildman–Crippen MR) is 94.5 cm³/mol. The van der Waals surface area contributed by atoms with Gasteiger partial charge in [-0.1, -0.05) is 20.3 Å². The maximum atomic E-state index is 11.9. The molecule has 0 aliphatic rings. The molecule has 0 bridgehead atoms. The number of amides is 1. The molecule has 24 heavy (non-hydrogen) atoms. The van der Waals surface area contributed by atoms with Crippen molar-refractivity contribution >= 4 is 16.9 Å². The number of ether oxygens (including phenoxy) is 1. The molecule has 0 radical (unpaired) electrons. The van der Waals surface area contributed by atoms with Gasteiger partial charge in [-0.15, -0.1) is 0 Å². The minimum Gasteiger partial charge on any atom is -0.484 e. The summed E-state index contributed by atoms with van der Waals surface area (Å²) in [6, 6.07) is 6.85. The van der Waals surface area contributed by atoms with Gasteiger partial charge < -0.3 is 14.5 Å². The Kier molecular flexibility index (Phi) is 5.65. The monoisotopic (exact) mass is 331 g/mol. The van der Waals surface area contributed by atoms with Gasteiger partial charge >= 0.3 is 5.63 Å². The molecule has 1 N–H and O–H groups in total. The summed E-state index contributed by atoms with van der Waals surface area (Å²) in [7, 11) is 0. The molecule has 1 aromatic heterocycles. The number of carbonyl (C=O) groups excluding carboxylic acids is 1. The molecule has 0 aliphatic carbocycles. The molecule has 5 heteroatoms. The average molecular weight is 331 g/mol. The number of benzene rings is 1. The second-order valence-electron chi connectivity index (χ2n) is 6.57. The molecule has 0 spiro atoms. The largest absolute Gasteiger partial charge is 0.484 e. The summed E-state index contributed by atoms with van der Waals surface area (Å²) in [6.45, 7) is 7.93. The third-order valence-corrected chi connectivity index (χ3v) is 4.05. The molecular formula is C19H25NO4. The molecule has 1 heterocycles. The first kappa shape index (κ1) is 18.0. The summed E-state index contributed by atoms with van der Waals surface area (Å²) in [4.78, 5) is 23.6. The molecular weight excluding hydrogens is 306 g/mol. The molecule has 1 amide bonds. The molecule has 0 saturated heterocycles. The number of hydrogen-bond donors (Lipinski definition) is 1. The van der Waals surface area contributed by atoms with Crippen LogP contribution in [0.4, 0.5) is 0 Å². The number of nitrogens with one attached hydrogen (secondary N) is 1. The van der Waals surface area contributed by atoms with Crippen LogP contribution >= 0.6 is 0 Å². The second-order valence-corrected chi connectivity index (χ2v) is 6.57. The van der Waals surface area contributed by atoms with Crippen molar-refractivity contribution in [2.24, 2.45) is 0 Å². The van der Waals surface area contributed by atoms with E-state index in [1.807, 2.05) is 26.8 Å². The molecule has 130 valence electrons. The summed E-state index contributed by atoms with van der Waals surface area (Å²) in [5, 5.41) is 3.81. The smallest absolute Gasteiger partial charge is 0.336 e. The van der Waals surface area contributed by atoms with Crippen LogP contribution in [0.2, 0.25) is 0 Å². The van der Waals surface area contributed by atoms with Crippen molar-refractivity contribution in [1.82, 2.24) is 5.32 Å². The maximum absolute atomic E-state index is 11.9. The highest BCUT2D eigenvalue weighted by molar-refractivity contribution is 5.82. The number of carbonyl (C=O) groups is 1. The van der Waals surface area contributed by atoms with Gasteiger partial charge in [0.15, 0.2) is 6.61 Å². The molecule has 0 fully saturated rings. The highest BCUT2D eigenvalue weighted by Gasteiger charge is 2.18.